The van der Waals surface area contributed by atoms with Crippen LogP contribution in [0.15, 0.2) is 23.0 Å². The summed E-state index contributed by atoms with van der Waals surface area (Å²) in [6.45, 7) is 0.845. The number of alkyl halides is 4. The molecule has 1 aliphatic carbocycles. The molecule has 40 heavy (non-hydrogen) atoms. The predicted octanol–water partition coefficient (Wildman–Crippen LogP) is 2.95. The van der Waals surface area contributed by atoms with Crippen molar-refractivity contribution in [1.82, 2.24) is 30.8 Å². The predicted molar refractivity (Wildman–Crippen MR) is 134 cm³/mol. The minimum absolute atomic E-state index is 0.0200. The third-order valence-electron chi connectivity index (χ3n) is 7.06. The third kappa shape index (κ3) is 6.81. The van der Waals surface area contributed by atoms with Gasteiger partial charge in [0, 0.05) is 18.7 Å². The summed E-state index contributed by atoms with van der Waals surface area (Å²) in [7, 11) is 1.36. The number of urea groups is 1. The molecular formula is C24H29ClF3N7O5. The molecule has 0 aromatic carbocycles. The van der Waals surface area contributed by atoms with Gasteiger partial charge in [-0.2, -0.15) is 13.2 Å². The Balaban J connectivity index is 1.53. The number of carbonyl (C=O) groups is 3. The van der Waals surface area contributed by atoms with E-state index >= 15 is 0 Å². The Hall–Kier alpha value is -3.46. The number of amides is 4. The van der Waals surface area contributed by atoms with Gasteiger partial charge < -0.3 is 25.6 Å². The maximum atomic E-state index is 13.5. The summed E-state index contributed by atoms with van der Waals surface area (Å²) in [5, 5.41) is 14.5. The van der Waals surface area contributed by atoms with Crippen molar-refractivity contribution in [3.8, 4) is 0 Å². The number of hydrogen-bond donors (Lipinski definition) is 3. The SMILES string of the molecule is COC[C@H](c1ccnc(NC(=O)[C@@H](NC(=O)c2nonc2C)C2CCC(Cl)CC2)c1)N1C[C@@H](C(F)(F)F)NC1=O. The number of nitrogens with zero attached hydrogens (tertiary/aromatic N) is 4. The molecule has 2 fully saturated rings. The van der Waals surface area contributed by atoms with Crippen LogP contribution in [0.4, 0.5) is 23.8 Å². The van der Waals surface area contributed by atoms with Crippen molar-refractivity contribution in [2.45, 2.75) is 62.3 Å². The maximum absolute atomic E-state index is 13.5. The van der Waals surface area contributed by atoms with Gasteiger partial charge >= 0.3 is 12.2 Å². The summed E-state index contributed by atoms with van der Waals surface area (Å²) in [6.07, 6.45) is -0.728. The monoisotopic (exact) mass is 587 g/mol. The lowest BCUT2D eigenvalue weighted by atomic mass is 9.83. The highest BCUT2D eigenvalue weighted by molar-refractivity contribution is 6.20. The Morgan fingerprint density at radius 3 is 2.60 bits per heavy atom. The Bertz CT molecular complexity index is 1220. The van der Waals surface area contributed by atoms with Crippen LogP contribution in [0.3, 0.4) is 0 Å². The summed E-state index contributed by atoms with van der Waals surface area (Å²) in [4.78, 5) is 43.9. The molecule has 0 unspecified atom stereocenters. The number of nitrogens with one attached hydrogen (secondary N) is 3. The molecule has 1 saturated carbocycles. The Kier molecular flexibility index (Phi) is 9.13. The second-order valence-electron chi connectivity index (χ2n) is 9.79. The van der Waals surface area contributed by atoms with Gasteiger partial charge in [-0.1, -0.05) is 5.16 Å². The van der Waals surface area contributed by atoms with Crippen LogP contribution in [0.1, 0.15) is 53.5 Å². The van der Waals surface area contributed by atoms with Crippen LogP contribution in [0.25, 0.3) is 0 Å². The van der Waals surface area contributed by atoms with Gasteiger partial charge in [-0.3, -0.25) is 9.59 Å². The summed E-state index contributed by atoms with van der Waals surface area (Å²) in [6, 6.07) is -1.78. The van der Waals surface area contributed by atoms with E-state index in [9.17, 15) is 27.6 Å². The summed E-state index contributed by atoms with van der Waals surface area (Å²) < 4.78 is 49.5. The summed E-state index contributed by atoms with van der Waals surface area (Å²) in [5.74, 6) is -1.33. The van der Waals surface area contributed by atoms with E-state index in [2.05, 4.69) is 30.6 Å². The molecule has 0 bridgehead atoms. The first kappa shape index (κ1) is 29.5. The average molecular weight is 588 g/mol. The molecule has 12 nitrogen and oxygen atoms in total. The molecule has 4 rings (SSSR count). The minimum Gasteiger partial charge on any atom is -0.382 e. The fourth-order valence-electron chi connectivity index (χ4n) is 4.92. The quantitative estimate of drug-likeness (QED) is 0.379. The van der Waals surface area contributed by atoms with Crippen LogP contribution in [-0.4, -0.2) is 81.9 Å². The van der Waals surface area contributed by atoms with E-state index in [0.29, 0.717) is 31.2 Å². The van der Waals surface area contributed by atoms with Gasteiger partial charge in [0.1, 0.15) is 23.6 Å². The lowest BCUT2D eigenvalue weighted by molar-refractivity contribution is -0.150. The van der Waals surface area contributed by atoms with Crippen LogP contribution < -0.4 is 16.0 Å². The highest BCUT2D eigenvalue weighted by Gasteiger charge is 2.48. The number of hydrogen-bond acceptors (Lipinski definition) is 8. The standard InChI is InChI=1S/C24H29ClF3N7O5/c1-12-19(34-40-33-12)21(36)32-20(13-3-5-15(25)6-4-13)22(37)31-18-9-14(7-8-29-18)16(11-39-2)35-10-17(24(26,27)28)30-23(35)38/h7-9,13,15-17,20H,3-6,10-11H2,1-2H3,(H,30,38)(H,32,36)(H,29,31,37)/t13?,15?,16-,17+,20+/m1/s1. The van der Waals surface area contributed by atoms with Crippen molar-refractivity contribution in [2.75, 3.05) is 25.6 Å². The molecule has 16 heteroatoms. The van der Waals surface area contributed by atoms with Gasteiger partial charge in [-0.25, -0.2) is 14.4 Å². The van der Waals surface area contributed by atoms with Crippen LogP contribution in [0.5, 0.6) is 0 Å². The van der Waals surface area contributed by atoms with Gasteiger partial charge in [-0.15, -0.1) is 11.6 Å². The van der Waals surface area contributed by atoms with E-state index in [4.69, 9.17) is 16.3 Å². The zero-order chi connectivity index (χ0) is 29.0. The zero-order valence-corrected chi connectivity index (χ0v) is 22.5. The first-order valence-corrected chi connectivity index (χ1v) is 13.0. The molecule has 2 aromatic rings. The molecular weight excluding hydrogens is 559 g/mol. The van der Waals surface area contributed by atoms with Crippen LogP contribution in [0, 0.1) is 12.8 Å². The maximum Gasteiger partial charge on any atom is 0.410 e. The first-order chi connectivity index (χ1) is 19.0. The minimum atomic E-state index is -4.61. The van der Waals surface area contributed by atoms with Gasteiger partial charge in [-0.05, 0) is 61.4 Å². The number of aromatic nitrogens is 3. The number of rotatable bonds is 9. The number of pyridine rings is 1. The van der Waals surface area contributed by atoms with E-state index in [0.717, 1.165) is 4.90 Å². The van der Waals surface area contributed by atoms with Crippen LogP contribution >= 0.6 is 11.6 Å². The highest BCUT2D eigenvalue weighted by atomic mass is 35.5. The normalized spacial score (nSPS) is 22.9. The lowest BCUT2D eigenvalue weighted by Crippen LogP contribution is -2.49. The van der Waals surface area contributed by atoms with Crippen molar-refractivity contribution in [1.29, 1.82) is 0 Å². The van der Waals surface area contributed by atoms with Crippen molar-refractivity contribution >= 4 is 35.3 Å². The second kappa shape index (κ2) is 12.4. The largest absolute Gasteiger partial charge is 0.410 e. The fourth-order valence-corrected chi connectivity index (χ4v) is 5.17. The smallest absolute Gasteiger partial charge is 0.382 e. The fraction of sp³-hybridized carbons (Fsp3) is 0.583. The summed E-state index contributed by atoms with van der Waals surface area (Å²) in [5.41, 5.74) is 0.614. The Labute approximate surface area is 232 Å². The average Bonchev–Trinajstić information content (AvgIpc) is 3.52. The van der Waals surface area contributed by atoms with E-state index in [-0.39, 0.29) is 35.1 Å². The molecule has 2 aromatic heterocycles. The number of anilines is 1. The third-order valence-corrected chi connectivity index (χ3v) is 7.50. The summed E-state index contributed by atoms with van der Waals surface area (Å²) >= 11 is 6.24. The molecule has 2 aliphatic rings. The van der Waals surface area contributed by atoms with Crippen molar-refractivity contribution in [2.24, 2.45) is 5.92 Å². The van der Waals surface area contributed by atoms with Gasteiger partial charge in [0.2, 0.25) is 5.91 Å². The number of carbonyl (C=O) groups excluding carboxylic acids is 3. The molecule has 1 aliphatic heterocycles. The number of methoxy groups -OCH3 is 1. The second-order valence-corrected chi connectivity index (χ2v) is 10.4. The van der Waals surface area contributed by atoms with Crippen molar-refractivity contribution in [3.63, 3.8) is 0 Å². The van der Waals surface area contributed by atoms with E-state index in [1.807, 2.05) is 5.32 Å². The van der Waals surface area contributed by atoms with Gasteiger partial charge in [0.05, 0.1) is 19.2 Å². The van der Waals surface area contributed by atoms with E-state index in [1.54, 1.807) is 6.92 Å². The van der Waals surface area contributed by atoms with Crippen LogP contribution in [0.2, 0.25) is 0 Å². The molecule has 3 heterocycles. The molecule has 4 amide bonds. The van der Waals surface area contributed by atoms with Crippen molar-refractivity contribution < 1.29 is 36.9 Å². The molecule has 0 spiro atoms. The topological polar surface area (TPSA) is 152 Å². The number of halogens is 4. The lowest BCUT2D eigenvalue weighted by Gasteiger charge is -2.31. The number of aryl methyl sites for hydroxylation is 1. The molecule has 3 atom stereocenters. The Morgan fingerprint density at radius 2 is 2.00 bits per heavy atom. The molecule has 1 saturated heterocycles. The van der Waals surface area contributed by atoms with Crippen LogP contribution in [-0.2, 0) is 9.53 Å². The van der Waals surface area contributed by atoms with E-state index < -0.39 is 48.7 Å². The molecule has 0 radical (unpaired) electrons. The molecule has 3 N–H and O–H groups in total. The van der Waals surface area contributed by atoms with Gasteiger partial charge in [0.15, 0.2) is 5.69 Å². The van der Waals surface area contributed by atoms with Crippen molar-refractivity contribution in [3.05, 3.63) is 35.3 Å². The van der Waals surface area contributed by atoms with Gasteiger partial charge in [0.25, 0.3) is 5.91 Å². The molecule has 218 valence electrons. The first-order valence-electron chi connectivity index (χ1n) is 12.6. The zero-order valence-electron chi connectivity index (χ0n) is 21.7. The Morgan fingerprint density at radius 1 is 1.27 bits per heavy atom. The highest BCUT2D eigenvalue weighted by Crippen LogP contribution is 2.32. The number of ether oxygens (including phenoxy) is 1. The van der Waals surface area contributed by atoms with E-state index in [1.165, 1.54) is 25.4 Å².